The third kappa shape index (κ3) is 7.40. The molecule has 17 heavy (non-hydrogen) atoms. The van der Waals surface area contributed by atoms with E-state index in [2.05, 4.69) is 0 Å². The fourth-order valence-electron chi connectivity index (χ4n) is 2.45. The molecule has 0 amide bonds. The maximum atomic E-state index is 11.9. The molecule has 1 nitrogen and oxygen atoms in total. The molecule has 0 radical (unpaired) electrons. The summed E-state index contributed by atoms with van der Waals surface area (Å²) in [6, 6.07) is 0. The van der Waals surface area contributed by atoms with Crippen LogP contribution < -0.4 is 0 Å². The Bertz CT molecular complexity index is 229. The Labute approximate surface area is 101 Å². The minimum atomic E-state index is -4.12. The Kier molecular flexibility index (Phi) is 6.00. The Morgan fingerprint density at radius 3 is 2.29 bits per heavy atom. The number of ketones is 1. The lowest BCUT2D eigenvalue weighted by Crippen LogP contribution is -2.11. The number of rotatable bonds is 6. The van der Waals surface area contributed by atoms with Crippen LogP contribution in [0.2, 0.25) is 0 Å². The van der Waals surface area contributed by atoms with Gasteiger partial charge in [0.2, 0.25) is 0 Å². The van der Waals surface area contributed by atoms with Crippen LogP contribution >= 0.6 is 0 Å². The average Bonchev–Trinajstić information content (AvgIpc) is 2.26. The van der Waals surface area contributed by atoms with Gasteiger partial charge in [-0.2, -0.15) is 13.2 Å². The molecule has 4 heteroatoms. The van der Waals surface area contributed by atoms with Gasteiger partial charge in [0.15, 0.2) is 0 Å². The Morgan fingerprint density at radius 2 is 1.71 bits per heavy atom. The van der Waals surface area contributed by atoms with E-state index >= 15 is 0 Å². The molecule has 0 aromatic heterocycles. The zero-order chi connectivity index (χ0) is 12.7. The molecule has 0 aromatic carbocycles. The lowest BCUT2D eigenvalue weighted by atomic mass is 9.85. The SMILES string of the molecule is O=C(CCCC(F)(F)F)CCC1CCCCC1. The van der Waals surface area contributed by atoms with Crippen molar-refractivity contribution >= 4 is 5.78 Å². The van der Waals surface area contributed by atoms with Gasteiger partial charge in [0.05, 0.1) is 0 Å². The Morgan fingerprint density at radius 1 is 1.06 bits per heavy atom. The minimum absolute atomic E-state index is 0.000163. The molecule has 0 spiro atoms. The van der Waals surface area contributed by atoms with Gasteiger partial charge in [-0.25, -0.2) is 0 Å². The summed E-state index contributed by atoms with van der Waals surface area (Å²) in [4.78, 5) is 11.4. The summed E-state index contributed by atoms with van der Waals surface area (Å²) in [5.74, 6) is 0.634. The van der Waals surface area contributed by atoms with Crippen molar-refractivity contribution in [2.24, 2.45) is 5.92 Å². The molecule has 100 valence electrons. The lowest BCUT2D eigenvalue weighted by molar-refractivity contribution is -0.137. The number of hydrogen-bond acceptors (Lipinski definition) is 1. The van der Waals surface area contributed by atoms with Gasteiger partial charge in [0.1, 0.15) is 5.78 Å². The molecule has 0 aliphatic heterocycles. The second-order valence-corrected chi connectivity index (χ2v) is 5.05. The molecule has 1 aliphatic rings. The molecule has 0 aromatic rings. The quantitative estimate of drug-likeness (QED) is 0.670. The second-order valence-electron chi connectivity index (χ2n) is 5.05. The summed E-state index contributed by atoms with van der Waals surface area (Å²) < 4.78 is 35.6. The zero-order valence-corrected chi connectivity index (χ0v) is 10.2. The van der Waals surface area contributed by atoms with Crippen LogP contribution in [0, 0.1) is 5.92 Å². The van der Waals surface area contributed by atoms with Gasteiger partial charge >= 0.3 is 6.18 Å². The summed E-state index contributed by atoms with van der Waals surface area (Å²) in [5, 5.41) is 0. The van der Waals surface area contributed by atoms with Crippen molar-refractivity contribution in [1.29, 1.82) is 0 Å². The fourth-order valence-corrected chi connectivity index (χ4v) is 2.45. The van der Waals surface area contributed by atoms with Gasteiger partial charge in [-0.15, -0.1) is 0 Å². The largest absolute Gasteiger partial charge is 0.389 e. The van der Waals surface area contributed by atoms with Crippen molar-refractivity contribution < 1.29 is 18.0 Å². The molecule has 1 aliphatic carbocycles. The predicted octanol–water partition coefficient (Wildman–Crippen LogP) is 4.65. The van der Waals surface area contributed by atoms with Crippen LogP contribution in [0.5, 0.6) is 0 Å². The fraction of sp³-hybridized carbons (Fsp3) is 0.923. The van der Waals surface area contributed by atoms with E-state index in [0.717, 1.165) is 6.42 Å². The average molecular weight is 250 g/mol. The van der Waals surface area contributed by atoms with Crippen LogP contribution in [0.15, 0.2) is 0 Å². The maximum absolute atomic E-state index is 11.9. The number of carbonyl (C=O) groups is 1. The van der Waals surface area contributed by atoms with E-state index < -0.39 is 12.6 Å². The number of halogens is 3. The van der Waals surface area contributed by atoms with E-state index in [1.54, 1.807) is 0 Å². The monoisotopic (exact) mass is 250 g/mol. The van der Waals surface area contributed by atoms with Crippen molar-refractivity contribution in [2.45, 2.75) is 70.4 Å². The van der Waals surface area contributed by atoms with Crippen molar-refractivity contribution in [1.82, 2.24) is 0 Å². The smallest absolute Gasteiger partial charge is 0.300 e. The van der Waals surface area contributed by atoms with E-state index in [9.17, 15) is 18.0 Å². The first-order valence-corrected chi connectivity index (χ1v) is 6.56. The van der Waals surface area contributed by atoms with Crippen molar-refractivity contribution in [3.63, 3.8) is 0 Å². The molecular formula is C13H21F3O. The first-order chi connectivity index (χ1) is 7.97. The van der Waals surface area contributed by atoms with Crippen molar-refractivity contribution in [3.05, 3.63) is 0 Å². The van der Waals surface area contributed by atoms with E-state index in [4.69, 9.17) is 0 Å². The molecule has 0 heterocycles. The highest BCUT2D eigenvalue weighted by molar-refractivity contribution is 5.78. The first kappa shape index (κ1) is 14.5. The molecule has 1 saturated carbocycles. The number of Topliss-reactive ketones (excluding diaryl/α,β-unsaturated/α-hetero) is 1. The van der Waals surface area contributed by atoms with Gasteiger partial charge < -0.3 is 0 Å². The first-order valence-electron chi connectivity index (χ1n) is 6.56. The van der Waals surface area contributed by atoms with Crippen LogP contribution in [0.1, 0.15) is 64.2 Å². The summed E-state index contributed by atoms with van der Waals surface area (Å²) in [6.07, 6.45) is 2.60. The lowest BCUT2D eigenvalue weighted by Gasteiger charge is -2.20. The van der Waals surface area contributed by atoms with Gasteiger partial charge in [-0.05, 0) is 18.8 Å². The molecule has 1 fully saturated rings. The molecule has 0 N–H and O–H groups in total. The second kappa shape index (κ2) is 7.02. The van der Waals surface area contributed by atoms with Crippen LogP contribution in [0.4, 0.5) is 13.2 Å². The molecular weight excluding hydrogens is 229 g/mol. The Balaban J connectivity index is 2.04. The molecule has 1 rings (SSSR count). The highest BCUT2D eigenvalue weighted by atomic mass is 19.4. The molecule has 0 atom stereocenters. The van der Waals surface area contributed by atoms with E-state index in [1.807, 2.05) is 0 Å². The van der Waals surface area contributed by atoms with E-state index in [-0.39, 0.29) is 18.6 Å². The number of carbonyl (C=O) groups excluding carboxylic acids is 1. The van der Waals surface area contributed by atoms with E-state index in [1.165, 1.54) is 32.1 Å². The van der Waals surface area contributed by atoms with Crippen LogP contribution in [0.3, 0.4) is 0 Å². The highest BCUT2D eigenvalue weighted by Crippen LogP contribution is 2.28. The molecule has 0 bridgehead atoms. The van der Waals surface area contributed by atoms with Gasteiger partial charge in [-0.3, -0.25) is 4.79 Å². The van der Waals surface area contributed by atoms with Crippen LogP contribution in [0.25, 0.3) is 0 Å². The van der Waals surface area contributed by atoms with Crippen molar-refractivity contribution in [3.8, 4) is 0 Å². The third-order valence-corrected chi connectivity index (χ3v) is 3.47. The normalized spacial score (nSPS) is 18.3. The number of hydrogen-bond donors (Lipinski definition) is 0. The third-order valence-electron chi connectivity index (χ3n) is 3.47. The van der Waals surface area contributed by atoms with E-state index in [0.29, 0.717) is 12.3 Å². The molecule has 0 saturated heterocycles. The van der Waals surface area contributed by atoms with Crippen LogP contribution in [-0.2, 0) is 4.79 Å². The summed E-state index contributed by atoms with van der Waals surface area (Å²) in [7, 11) is 0. The topological polar surface area (TPSA) is 17.1 Å². The van der Waals surface area contributed by atoms with Gasteiger partial charge in [0.25, 0.3) is 0 Å². The summed E-state index contributed by atoms with van der Waals surface area (Å²) >= 11 is 0. The summed E-state index contributed by atoms with van der Waals surface area (Å²) in [6.45, 7) is 0. The highest BCUT2D eigenvalue weighted by Gasteiger charge is 2.26. The van der Waals surface area contributed by atoms with Crippen LogP contribution in [-0.4, -0.2) is 12.0 Å². The molecule has 0 unspecified atom stereocenters. The van der Waals surface area contributed by atoms with Crippen molar-refractivity contribution in [2.75, 3.05) is 0 Å². The maximum Gasteiger partial charge on any atom is 0.389 e. The Hall–Kier alpha value is -0.540. The zero-order valence-electron chi connectivity index (χ0n) is 10.2. The van der Waals surface area contributed by atoms with Gasteiger partial charge in [0, 0.05) is 19.3 Å². The van der Waals surface area contributed by atoms with Gasteiger partial charge in [-0.1, -0.05) is 32.1 Å². The predicted molar refractivity (Wildman–Crippen MR) is 60.7 cm³/mol. The standard InChI is InChI=1S/C13H21F3O/c14-13(15,16)10-4-7-12(17)9-8-11-5-2-1-3-6-11/h11H,1-10H2. The number of alkyl halides is 3. The minimum Gasteiger partial charge on any atom is -0.300 e. The summed E-state index contributed by atoms with van der Waals surface area (Å²) in [5.41, 5.74) is 0.